The monoisotopic (exact) mass is 276 g/mol. The van der Waals surface area contributed by atoms with Gasteiger partial charge in [-0.15, -0.1) is 0 Å². The predicted molar refractivity (Wildman–Crippen MR) is 80.8 cm³/mol. The van der Waals surface area contributed by atoms with Gasteiger partial charge in [0.1, 0.15) is 0 Å². The number of carbonyl (C=O) groups excluding carboxylic acids is 2. The summed E-state index contributed by atoms with van der Waals surface area (Å²) in [6.07, 6.45) is 0.975. The van der Waals surface area contributed by atoms with E-state index in [9.17, 15) is 9.59 Å². The number of fused-ring (bicyclic) bond motifs is 5. The Labute approximate surface area is 123 Å². The van der Waals surface area contributed by atoms with Gasteiger partial charge in [0.05, 0.1) is 0 Å². The molecule has 2 aliphatic rings. The third-order valence-corrected chi connectivity index (χ3v) is 4.90. The van der Waals surface area contributed by atoms with E-state index in [2.05, 4.69) is 19.1 Å². The van der Waals surface area contributed by atoms with Crippen molar-refractivity contribution in [1.29, 1.82) is 0 Å². The van der Waals surface area contributed by atoms with Gasteiger partial charge < -0.3 is 0 Å². The third kappa shape index (κ3) is 1.72. The highest BCUT2D eigenvalue weighted by molar-refractivity contribution is 6.04. The summed E-state index contributed by atoms with van der Waals surface area (Å²) in [7, 11) is 0. The summed E-state index contributed by atoms with van der Waals surface area (Å²) in [5, 5.41) is 0. The second-order valence-electron chi connectivity index (χ2n) is 6.12. The van der Waals surface area contributed by atoms with Crippen LogP contribution < -0.4 is 0 Å². The molecule has 0 heterocycles. The molecule has 0 unspecified atom stereocenters. The first kappa shape index (κ1) is 12.5. The largest absolute Gasteiger partial charge is 0.294 e. The lowest BCUT2D eigenvalue weighted by Crippen LogP contribution is -2.33. The van der Waals surface area contributed by atoms with Gasteiger partial charge in [0.15, 0.2) is 11.6 Å². The molecule has 0 radical (unpaired) electrons. The molecule has 0 spiro atoms. The molecule has 0 amide bonds. The third-order valence-electron chi connectivity index (χ3n) is 4.90. The van der Waals surface area contributed by atoms with Gasteiger partial charge in [-0.3, -0.25) is 9.59 Å². The minimum Gasteiger partial charge on any atom is -0.294 e. The fourth-order valence-electron chi connectivity index (χ4n) is 4.01. The van der Waals surface area contributed by atoms with E-state index in [1.54, 1.807) is 0 Å². The van der Waals surface area contributed by atoms with E-state index >= 15 is 0 Å². The molecule has 4 rings (SSSR count). The fourth-order valence-corrected chi connectivity index (χ4v) is 4.01. The van der Waals surface area contributed by atoms with Crippen molar-refractivity contribution in [2.75, 3.05) is 0 Å². The molecule has 0 saturated heterocycles. The molecule has 104 valence electrons. The molecule has 2 aliphatic carbocycles. The van der Waals surface area contributed by atoms with Crippen LogP contribution in [0.3, 0.4) is 0 Å². The molecule has 0 aliphatic heterocycles. The smallest absolute Gasteiger partial charge is 0.163 e. The van der Waals surface area contributed by atoms with Crippen LogP contribution in [0.2, 0.25) is 0 Å². The zero-order valence-corrected chi connectivity index (χ0v) is 11.9. The number of ketones is 2. The van der Waals surface area contributed by atoms with E-state index in [4.69, 9.17) is 0 Å². The maximum Gasteiger partial charge on any atom is 0.163 e. The number of hydrogen-bond donors (Lipinski definition) is 0. The minimum absolute atomic E-state index is 0.119. The Balaban J connectivity index is 2.01. The Hall–Kier alpha value is -2.22. The lowest BCUT2D eigenvalue weighted by molar-refractivity contribution is 0.0884. The van der Waals surface area contributed by atoms with E-state index in [0.717, 1.165) is 27.8 Å². The van der Waals surface area contributed by atoms with E-state index in [1.165, 1.54) is 0 Å². The standard InChI is InChI=1S/C19H16O2/c1-11-5-4-8-15-17(21)10-12-9-16(20)13-6-2-3-7-14(13)19(12)18(11)15/h2-8,12,19H,9-10H2,1H3/t12-,19+/m1/s1. The van der Waals surface area contributed by atoms with Crippen molar-refractivity contribution in [3.8, 4) is 0 Å². The lowest BCUT2D eigenvalue weighted by Gasteiger charge is -2.38. The Bertz CT molecular complexity index is 773. The second-order valence-corrected chi connectivity index (χ2v) is 6.12. The predicted octanol–water partition coefficient (Wildman–Crippen LogP) is 3.92. The number of aryl methyl sites for hydroxylation is 1. The molecule has 2 nitrogen and oxygen atoms in total. The van der Waals surface area contributed by atoms with Crippen LogP contribution in [0.5, 0.6) is 0 Å². The number of carbonyl (C=O) groups is 2. The second kappa shape index (κ2) is 4.39. The van der Waals surface area contributed by atoms with Gasteiger partial charge in [0, 0.05) is 29.9 Å². The first-order chi connectivity index (χ1) is 10.2. The summed E-state index contributed by atoms with van der Waals surface area (Å²) in [6, 6.07) is 13.8. The lowest BCUT2D eigenvalue weighted by atomic mass is 9.64. The molecule has 2 heteroatoms. The highest BCUT2D eigenvalue weighted by Gasteiger charge is 2.41. The molecular weight excluding hydrogens is 260 g/mol. The zero-order chi connectivity index (χ0) is 14.6. The van der Waals surface area contributed by atoms with Crippen molar-refractivity contribution in [3.63, 3.8) is 0 Å². The van der Waals surface area contributed by atoms with Crippen molar-refractivity contribution >= 4 is 11.6 Å². The number of hydrogen-bond acceptors (Lipinski definition) is 2. The average Bonchev–Trinajstić information content (AvgIpc) is 2.48. The van der Waals surface area contributed by atoms with Crippen molar-refractivity contribution in [3.05, 3.63) is 70.3 Å². The maximum absolute atomic E-state index is 12.4. The molecule has 0 fully saturated rings. The Morgan fingerprint density at radius 3 is 2.33 bits per heavy atom. The van der Waals surface area contributed by atoms with E-state index < -0.39 is 0 Å². The number of benzene rings is 2. The van der Waals surface area contributed by atoms with Gasteiger partial charge in [-0.2, -0.15) is 0 Å². The number of rotatable bonds is 0. The fraction of sp³-hybridized carbons (Fsp3) is 0.263. The van der Waals surface area contributed by atoms with Gasteiger partial charge in [-0.1, -0.05) is 42.5 Å². The summed E-state index contributed by atoms with van der Waals surface area (Å²) in [5.41, 5.74) is 5.07. The molecule has 2 aromatic rings. The SMILES string of the molecule is Cc1cccc2c1[C@@H]1c3ccccc3C(=O)C[C@@H]1CC2=O. The van der Waals surface area contributed by atoms with Crippen LogP contribution in [-0.2, 0) is 0 Å². The normalized spacial score (nSPS) is 23.3. The summed E-state index contributed by atoms with van der Waals surface area (Å²) >= 11 is 0. The van der Waals surface area contributed by atoms with Crippen LogP contribution in [0.25, 0.3) is 0 Å². The van der Waals surface area contributed by atoms with Crippen molar-refractivity contribution in [1.82, 2.24) is 0 Å². The average molecular weight is 276 g/mol. The Kier molecular flexibility index (Phi) is 2.61. The quantitative estimate of drug-likeness (QED) is 0.731. The highest BCUT2D eigenvalue weighted by atomic mass is 16.1. The molecule has 0 N–H and O–H groups in total. The van der Waals surface area contributed by atoms with E-state index in [-0.39, 0.29) is 23.4 Å². The molecular formula is C19H16O2. The van der Waals surface area contributed by atoms with E-state index in [0.29, 0.717) is 12.8 Å². The van der Waals surface area contributed by atoms with Gasteiger partial charge in [0.2, 0.25) is 0 Å². The first-order valence-corrected chi connectivity index (χ1v) is 7.41. The van der Waals surface area contributed by atoms with Gasteiger partial charge >= 0.3 is 0 Å². The molecule has 0 bridgehead atoms. The van der Waals surface area contributed by atoms with Crippen LogP contribution >= 0.6 is 0 Å². The Morgan fingerprint density at radius 1 is 0.857 bits per heavy atom. The summed E-state index contributed by atoms with van der Waals surface area (Å²) in [6.45, 7) is 2.06. The van der Waals surface area contributed by atoms with Crippen LogP contribution in [-0.4, -0.2) is 11.6 Å². The topological polar surface area (TPSA) is 34.1 Å². The van der Waals surface area contributed by atoms with Crippen LogP contribution in [0.4, 0.5) is 0 Å². The molecule has 2 aromatic carbocycles. The molecule has 21 heavy (non-hydrogen) atoms. The van der Waals surface area contributed by atoms with Crippen LogP contribution in [0.15, 0.2) is 42.5 Å². The molecule has 2 atom stereocenters. The summed E-state index contributed by atoms with van der Waals surface area (Å²) in [5.74, 6) is 0.667. The van der Waals surface area contributed by atoms with Crippen molar-refractivity contribution < 1.29 is 9.59 Å². The van der Waals surface area contributed by atoms with Crippen molar-refractivity contribution in [2.24, 2.45) is 5.92 Å². The molecule has 0 saturated carbocycles. The first-order valence-electron chi connectivity index (χ1n) is 7.41. The van der Waals surface area contributed by atoms with Gasteiger partial charge in [-0.05, 0) is 29.5 Å². The van der Waals surface area contributed by atoms with Gasteiger partial charge in [0.25, 0.3) is 0 Å². The van der Waals surface area contributed by atoms with Crippen molar-refractivity contribution in [2.45, 2.75) is 25.7 Å². The Morgan fingerprint density at radius 2 is 1.52 bits per heavy atom. The minimum atomic E-state index is 0.119. The van der Waals surface area contributed by atoms with Crippen LogP contribution in [0, 0.1) is 12.8 Å². The van der Waals surface area contributed by atoms with Crippen LogP contribution in [0.1, 0.15) is 56.2 Å². The van der Waals surface area contributed by atoms with Gasteiger partial charge in [-0.25, -0.2) is 0 Å². The number of Topliss-reactive ketones (excluding diaryl/α,β-unsaturated/α-hetero) is 2. The maximum atomic E-state index is 12.4. The summed E-state index contributed by atoms with van der Waals surface area (Å²) in [4.78, 5) is 24.7. The van der Waals surface area contributed by atoms with E-state index in [1.807, 2.05) is 30.3 Å². The molecule has 0 aromatic heterocycles. The summed E-state index contributed by atoms with van der Waals surface area (Å²) < 4.78 is 0. The zero-order valence-electron chi connectivity index (χ0n) is 11.9. The highest BCUT2D eigenvalue weighted by Crippen LogP contribution is 2.47.